The number of benzene rings is 1. The molecule has 1 saturated heterocycles. The van der Waals surface area contributed by atoms with E-state index >= 15 is 0 Å². The number of hydrogen-bond donors (Lipinski definition) is 1. The van der Waals surface area contributed by atoms with Gasteiger partial charge in [-0.25, -0.2) is 19.3 Å². The topological polar surface area (TPSA) is 89.2 Å². The van der Waals surface area contributed by atoms with E-state index < -0.39 is 0 Å². The molecular weight excluding hydrogens is 423 g/mol. The SMILES string of the molecule is Cc1cc(-c2cnc(NCc3cccc(F)c3)nc2-c2ccc(N3CCOCC3)nc2)on1. The zero-order chi connectivity index (χ0) is 22.6. The van der Waals surface area contributed by atoms with Gasteiger partial charge in [-0.3, -0.25) is 0 Å². The number of hydrogen-bond acceptors (Lipinski definition) is 8. The Labute approximate surface area is 190 Å². The van der Waals surface area contributed by atoms with Gasteiger partial charge in [-0.2, -0.15) is 0 Å². The fourth-order valence-electron chi connectivity index (χ4n) is 3.69. The number of rotatable bonds is 6. The Hall–Kier alpha value is -3.85. The van der Waals surface area contributed by atoms with Crippen LogP contribution in [0.25, 0.3) is 22.6 Å². The highest BCUT2D eigenvalue weighted by Gasteiger charge is 2.17. The first kappa shape index (κ1) is 21.0. The van der Waals surface area contributed by atoms with Crippen molar-refractivity contribution in [3.05, 3.63) is 71.9 Å². The van der Waals surface area contributed by atoms with Crippen molar-refractivity contribution >= 4 is 11.8 Å². The van der Waals surface area contributed by atoms with Crippen molar-refractivity contribution in [2.45, 2.75) is 13.5 Å². The quantitative estimate of drug-likeness (QED) is 0.474. The van der Waals surface area contributed by atoms with E-state index in [1.54, 1.807) is 18.5 Å². The van der Waals surface area contributed by atoms with Gasteiger partial charge >= 0.3 is 0 Å². The fraction of sp³-hybridized carbons (Fsp3) is 0.250. The largest absolute Gasteiger partial charge is 0.378 e. The highest BCUT2D eigenvalue weighted by atomic mass is 19.1. The van der Waals surface area contributed by atoms with Gasteiger partial charge in [0.2, 0.25) is 5.95 Å². The predicted octanol–water partition coefficient (Wildman–Crippen LogP) is 4.09. The summed E-state index contributed by atoms with van der Waals surface area (Å²) in [6, 6.07) is 12.2. The average molecular weight is 446 g/mol. The van der Waals surface area contributed by atoms with Crippen LogP contribution in [0.4, 0.5) is 16.2 Å². The first-order valence-electron chi connectivity index (χ1n) is 10.7. The monoisotopic (exact) mass is 446 g/mol. The number of aryl methyl sites for hydroxylation is 1. The Morgan fingerprint density at radius 1 is 1.06 bits per heavy atom. The molecule has 9 heteroatoms. The predicted molar refractivity (Wildman–Crippen MR) is 122 cm³/mol. The molecule has 4 heterocycles. The highest BCUT2D eigenvalue weighted by molar-refractivity contribution is 5.78. The van der Waals surface area contributed by atoms with Crippen LogP contribution in [0.5, 0.6) is 0 Å². The molecule has 168 valence electrons. The lowest BCUT2D eigenvalue weighted by Gasteiger charge is -2.27. The van der Waals surface area contributed by atoms with E-state index in [9.17, 15) is 4.39 Å². The first-order valence-corrected chi connectivity index (χ1v) is 10.7. The molecule has 5 rings (SSSR count). The molecular formula is C24H23FN6O2. The van der Waals surface area contributed by atoms with Crippen LogP contribution >= 0.6 is 0 Å². The van der Waals surface area contributed by atoms with Crippen molar-refractivity contribution in [1.29, 1.82) is 0 Å². The Kier molecular flexibility index (Phi) is 5.95. The number of ether oxygens (including phenoxy) is 1. The van der Waals surface area contributed by atoms with E-state index in [0.29, 0.717) is 42.7 Å². The number of anilines is 2. The van der Waals surface area contributed by atoms with Gasteiger partial charge in [-0.05, 0) is 36.8 Å². The molecule has 0 unspecified atom stereocenters. The minimum atomic E-state index is -0.279. The van der Waals surface area contributed by atoms with E-state index in [1.165, 1.54) is 12.1 Å². The van der Waals surface area contributed by atoms with E-state index in [1.807, 2.05) is 31.2 Å². The van der Waals surface area contributed by atoms with Gasteiger partial charge in [-0.1, -0.05) is 17.3 Å². The number of nitrogens with zero attached hydrogens (tertiary/aromatic N) is 5. The summed E-state index contributed by atoms with van der Waals surface area (Å²) in [5.41, 5.74) is 3.78. The van der Waals surface area contributed by atoms with Crippen molar-refractivity contribution in [1.82, 2.24) is 20.1 Å². The van der Waals surface area contributed by atoms with Crippen molar-refractivity contribution in [2.24, 2.45) is 0 Å². The minimum Gasteiger partial charge on any atom is -0.378 e. The van der Waals surface area contributed by atoms with Gasteiger partial charge in [0.25, 0.3) is 0 Å². The number of aromatic nitrogens is 4. The summed E-state index contributed by atoms with van der Waals surface area (Å²) < 4.78 is 24.4. The number of morpholine rings is 1. The smallest absolute Gasteiger partial charge is 0.223 e. The number of nitrogens with one attached hydrogen (secondary N) is 1. The highest BCUT2D eigenvalue weighted by Crippen LogP contribution is 2.31. The molecule has 3 aromatic heterocycles. The van der Waals surface area contributed by atoms with Crippen molar-refractivity contribution in [2.75, 3.05) is 36.5 Å². The van der Waals surface area contributed by atoms with E-state index in [-0.39, 0.29) is 5.82 Å². The molecule has 0 atom stereocenters. The second kappa shape index (κ2) is 9.33. The molecule has 0 radical (unpaired) electrons. The van der Waals surface area contributed by atoms with Crippen molar-refractivity contribution < 1.29 is 13.7 Å². The molecule has 8 nitrogen and oxygen atoms in total. The molecule has 0 amide bonds. The lowest BCUT2D eigenvalue weighted by atomic mass is 10.1. The second-order valence-corrected chi connectivity index (χ2v) is 7.78. The fourth-order valence-corrected chi connectivity index (χ4v) is 3.69. The second-order valence-electron chi connectivity index (χ2n) is 7.78. The first-order chi connectivity index (χ1) is 16.2. The lowest BCUT2D eigenvalue weighted by Crippen LogP contribution is -2.36. The Bertz CT molecular complexity index is 1240. The molecule has 1 aliphatic rings. The molecule has 1 aromatic carbocycles. The van der Waals surface area contributed by atoms with Gasteiger partial charge in [0.05, 0.1) is 30.2 Å². The van der Waals surface area contributed by atoms with E-state index in [2.05, 4.69) is 25.3 Å². The minimum absolute atomic E-state index is 0.279. The maximum absolute atomic E-state index is 13.5. The van der Waals surface area contributed by atoms with Crippen LogP contribution in [0.3, 0.4) is 0 Å². The zero-order valence-corrected chi connectivity index (χ0v) is 18.2. The van der Waals surface area contributed by atoms with Crippen LogP contribution in [0.15, 0.2) is 59.4 Å². The van der Waals surface area contributed by atoms with Gasteiger partial charge in [0.15, 0.2) is 5.76 Å². The zero-order valence-electron chi connectivity index (χ0n) is 18.2. The molecule has 1 fully saturated rings. The standard InChI is InChI=1S/C24H23FN6O2/c1-16-11-21(33-30-16)20-15-28-24(27-13-17-3-2-4-19(25)12-17)29-23(20)18-5-6-22(26-14-18)31-7-9-32-10-8-31/h2-6,11-12,14-15H,7-10,13H2,1H3,(H,27,28,29). The summed E-state index contributed by atoms with van der Waals surface area (Å²) in [6.07, 6.45) is 3.50. The van der Waals surface area contributed by atoms with Gasteiger partial charge in [0.1, 0.15) is 11.6 Å². The third kappa shape index (κ3) is 4.83. The van der Waals surface area contributed by atoms with Crippen LogP contribution in [0.2, 0.25) is 0 Å². The van der Waals surface area contributed by atoms with Crippen molar-refractivity contribution in [3.63, 3.8) is 0 Å². The molecule has 1 aliphatic heterocycles. The van der Waals surface area contributed by atoms with Crippen LogP contribution < -0.4 is 10.2 Å². The average Bonchev–Trinajstić information content (AvgIpc) is 3.29. The van der Waals surface area contributed by atoms with Crippen LogP contribution in [0, 0.1) is 12.7 Å². The summed E-state index contributed by atoms with van der Waals surface area (Å²) in [6.45, 7) is 5.29. The van der Waals surface area contributed by atoms with Crippen molar-refractivity contribution in [3.8, 4) is 22.6 Å². The third-order valence-corrected chi connectivity index (χ3v) is 5.38. The Morgan fingerprint density at radius 3 is 2.67 bits per heavy atom. The van der Waals surface area contributed by atoms with Gasteiger partial charge in [-0.15, -0.1) is 0 Å². The van der Waals surface area contributed by atoms with Crippen LogP contribution in [-0.4, -0.2) is 46.4 Å². The third-order valence-electron chi connectivity index (χ3n) is 5.38. The molecule has 0 spiro atoms. The Balaban J connectivity index is 1.45. The maximum atomic E-state index is 13.5. The lowest BCUT2D eigenvalue weighted by molar-refractivity contribution is 0.122. The molecule has 4 aromatic rings. The summed E-state index contributed by atoms with van der Waals surface area (Å²) in [7, 11) is 0. The molecule has 0 bridgehead atoms. The van der Waals surface area contributed by atoms with Crippen LogP contribution in [0.1, 0.15) is 11.3 Å². The molecule has 0 aliphatic carbocycles. The summed E-state index contributed by atoms with van der Waals surface area (Å²) in [5, 5.41) is 7.16. The van der Waals surface area contributed by atoms with Crippen LogP contribution in [-0.2, 0) is 11.3 Å². The van der Waals surface area contributed by atoms with Gasteiger partial charge < -0.3 is 19.5 Å². The van der Waals surface area contributed by atoms with E-state index in [4.69, 9.17) is 14.2 Å². The Morgan fingerprint density at radius 2 is 1.94 bits per heavy atom. The van der Waals surface area contributed by atoms with E-state index in [0.717, 1.165) is 35.7 Å². The maximum Gasteiger partial charge on any atom is 0.223 e. The normalized spacial score (nSPS) is 13.8. The summed E-state index contributed by atoms with van der Waals surface area (Å²) in [4.78, 5) is 16.0. The summed E-state index contributed by atoms with van der Waals surface area (Å²) >= 11 is 0. The van der Waals surface area contributed by atoms with Gasteiger partial charge in [0, 0.05) is 43.7 Å². The molecule has 1 N–H and O–H groups in total. The number of pyridine rings is 1. The molecule has 33 heavy (non-hydrogen) atoms. The number of halogens is 1. The summed E-state index contributed by atoms with van der Waals surface area (Å²) in [5.74, 6) is 1.62. The molecule has 0 saturated carbocycles.